The lowest BCUT2D eigenvalue weighted by Crippen LogP contribution is -2.25. The topological polar surface area (TPSA) is 101 Å². The molecule has 9 nitrogen and oxygen atoms in total. The van der Waals surface area contributed by atoms with Crippen molar-refractivity contribution in [2.75, 3.05) is 20.8 Å². The summed E-state index contributed by atoms with van der Waals surface area (Å²) in [5.74, 6) is 1.50. The quantitative estimate of drug-likeness (QED) is 0.126. The third-order valence-electron chi connectivity index (χ3n) is 6.79. The van der Waals surface area contributed by atoms with E-state index in [2.05, 4.69) is 50.8 Å². The van der Waals surface area contributed by atoms with Crippen molar-refractivity contribution in [2.45, 2.75) is 46.6 Å². The third kappa shape index (κ3) is 6.62. The Morgan fingerprint density at radius 3 is 2.44 bits per heavy atom. The molecular formula is C32H33Br2N3O6. The van der Waals surface area contributed by atoms with E-state index in [1.165, 1.54) is 18.9 Å². The van der Waals surface area contributed by atoms with E-state index in [1.807, 2.05) is 38.1 Å². The molecule has 0 unspecified atom stereocenters. The van der Waals surface area contributed by atoms with Gasteiger partial charge in [0.15, 0.2) is 23.4 Å². The molecule has 1 heterocycles. The first kappa shape index (κ1) is 32.2. The second-order valence-electron chi connectivity index (χ2n) is 10.0. The molecule has 0 aliphatic carbocycles. The number of para-hydroxylation sites is 1. The Morgan fingerprint density at radius 2 is 1.79 bits per heavy atom. The maximum atomic E-state index is 13.9. The van der Waals surface area contributed by atoms with Gasteiger partial charge in [-0.25, -0.2) is 9.78 Å². The molecule has 0 saturated heterocycles. The van der Waals surface area contributed by atoms with Gasteiger partial charge in [0.05, 0.1) is 42.4 Å². The number of hydrogen-bond acceptors (Lipinski definition) is 8. The van der Waals surface area contributed by atoms with Crippen molar-refractivity contribution >= 4 is 54.9 Å². The molecule has 1 atom stereocenters. The van der Waals surface area contributed by atoms with Gasteiger partial charge in [0.2, 0.25) is 0 Å². The molecule has 226 valence electrons. The van der Waals surface area contributed by atoms with Crippen molar-refractivity contribution in [3.63, 3.8) is 0 Å². The predicted molar refractivity (Wildman–Crippen MR) is 175 cm³/mol. The molecule has 0 N–H and O–H groups in total. The van der Waals surface area contributed by atoms with E-state index in [4.69, 9.17) is 23.9 Å². The summed E-state index contributed by atoms with van der Waals surface area (Å²) in [5, 5.41) is 5.09. The molecule has 0 aliphatic rings. The smallest absolute Gasteiger partial charge is 0.346 e. The molecule has 0 fully saturated rings. The summed E-state index contributed by atoms with van der Waals surface area (Å²) >= 11 is 7.13. The van der Waals surface area contributed by atoms with Crippen LogP contribution in [0, 0.1) is 6.92 Å². The Morgan fingerprint density at radius 1 is 1.07 bits per heavy atom. The van der Waals surface area contributed by atoms with Crippen molar-refractivity contribution in [2.24, 2.45) is 5.10 Å². The summed E-state index contributed by atoms with van der Waals surface area (Å²) in [5.41, 5.74) is 3.51. The molecule has 4 rings (SSSR count). The zero-order valence-electron chi connectivity index (χ0n) is 25.0. The number of esters is 1. The summed E-state index contributed by atoms with van der Waals surface area (Å²) in [6.45, 7) is 10.2. The summed E-state index contributed by atoms with van der Waals surface area (Å²) in [4.78, 5) is 30.7. The zero-order valence-corrected chi connectivity index (χ0v) is 28.2. The summed E-state index contributed by atoms with van der Waals surface area (Å²) in [6, 6.07) is 12.9. The van der Waals surface area contributed by atoms with Gasteiger partial charge in [0.1, 0.15) is 5.75 Å². The van der Waals surface area contributed by atoms with Crippen LogP contribution >= 0.6 is 31.9 Å². The molecule has 0 spiro atoms. The average molecular weight is 715 g/mol. The monoisotopic (exact) mass is 713 g/mol. The van der Waals surface area contributed by atoms with Crippen LogP contribution in [0.3, 0.4) is 0 Å². The van der Waals surface area contributed by atoms with E-state index < -0.39 is 12.1 Å². The van der Waals surface area contributed by atoms with Gasteiger partial charge < -0.3 is 18.9 Å². The minimum atomic E-state index is -0.875. The third-order valence-corrected chi connectivity index (χ3v) is 8.93. The Hall–Kier alpha value is -3.70. The second-order valence-corrected chi connectivity index (χ2v) is 11.6. The number of methoxy groups -OCH3 is 2. The lowest BCUT2D eigenvalue weighted by Gasteiger charge is -2.19. The average Bonchev–Trinajstić information content (AvgIpc) is 2.99. The van der Waals surface area contributed by atoms with Crippen molar-refractivity contribution < 1.29 is 23.7 Å². The number of carbonyl (C=O) groups is 1. The van der Waals surface area contributed by atoms with Crippen molar-refractivity contribution in [3.8, 4) is 28.6 Å². The highest BCUT2D eigenvalue weighted by atomic mass is 79.9. The van der Waals surface area contributed by atoms with Crippen LogP contribution in [0.4, 0.5) is 0 Å². The number of aryl methyl sites for hydroxylation is 1. The molecule has 0 saturated carbocycles. The number of fused-ring (bicyclic) bond motifs is 1. The highest BCUT2D eigenvalue weighted by Crippen LogP contribution is 2.43. The highest BCUT2D eigenvalue weighted by Gasteiger charge is 2.23. The molecule has 0 radical (unpaired) electrons. The van der Waals surface area contributed by atoms with Gasteiger partial charge in [-0.05, 0) is 100 Å². The molecule has 4 aromatic rings. The van der Waals surface area contributed by atoms with Crippen LogP contribution in [0.2, 0.25) is 0 Å². The second kappa shape index (κ2) is 13.7. The Balaban J connectivity index is 1.91. The SMILES string of the molecule is CCOc1cc(C)c(-c2nc3ccccc3c(=O)n2N=Cc2cc(OC)c(O[C@@H](C)C(=O)OC)c(Br)c2Br)cc1C(C)C. The first-order valence-electron chi connectivity index (χ1n) is 13.7. The number of nitrogens with zero attached hydrogens (tertiary/aromatic N) is 3. The lowest BCUT2D eigenvalue weighted by atomic mass is 9.96. The van der Waals surface area contributed by atoms with E-state index in [1.54, 1.807) is 31.3 Å². The summed E-state index contributed by atoms with van der Waals surface area (Å²) in [7, 11) is 2.78. The first-order valence-corrected chi connectivity index (χ1v) is 15.2. The Kier molecular flexibility index (Phi) is 10.3. The number of hydrogen-bond donors (Lipinski definition) is 0. The largest absolute Gasteiger partial charge is 0.494 e. The maximum absolute atomic E-state index is 13.9. The Bertz CT molecular complexity index is 1770. The minimum absolute atomic E-state index is 0.174. The van der Waals surface area contributed by atoms with Crippen LogP contribution < -0.4 is 19.8 Å². The van der Waals surface area contributed by atoms with E-state index in [9.17, 15) is 9.59 Å². The van der Waals surface area contributed by atoms with Crippen LogP contribution in [-0.2, 0) is 9.53 Å². The number of halogens is 2. The van der Waals surface area contributed by atoms with Gasteiger partial charge in [-0.15, -0.1) is 0 Å². The molecule has 11 heteroatoms. The lowest BCUT2D eigenvalue weighted by molar-refractivity contribution is -0.147. The number of benzene rings is 3. The molecule has 0 aliphatic heterocycles. The fourth-order valence-corrected chi connectivity index (χ4v) is 5.46. The normalized spacial score (nSPS) is 12.1. The molecule has 3 aromatic carbocycles. The molecular weight excluding hydrogens is 682 g/mol. The number of ether oxygens (including phenoxy) is 4. The van der Waals surface area contributed by atoms with Crippen LogP contribution in [0.1, 0.15) is 50.3 Å². The number of aromatic nitrogens is 2. The standard InChI is InChI=1S/C32H33Br2N3O6/c1-8-42-25-13-18(4)23(15-22(25)17(2)3)30-36-24-12-10-9-11-21(24)31(38)37(30)35-16-20-14-26(40-6)29(28(34)27(20)33)43-19(5)32(39)41-7/h9-17,19H,8H2,1-7H3/t19-/m0/s1. The molecule has 0 bridgehead atoms. The van der Waals surface area contributed by atoms with E-state index in [0.717, 1.165) is 22.4 Å². The van der Waals surface area contributed by atoms with Crippen molar-refractivity contribution in [1.82, 2.24) is 9.66 Å². The van der Waals surface area contributed by atoms with E-state index >= 15 is 0 Å². The van der Waals surface area contributed by atoms with Gasteiger partial charge in [0.25, 0.3) is 5.56 Å². The summed E-state index contributed by atoms with van der Waals surface area (Å²) < 4.78 is 24.5. The number of rotatable bonds is 10. The minimum Gasteiger partial charge on any atom is -0.494 e. The van der Waals surface area contributed by atoms with E-state index in [-0.39, 0.29) is 11.5 Å². The van der Waals surface area contributed by atoms with Gasteiger partial charge >= 0.3 is 5.97 Å². The Labute approximate surface area is 267 Å². The van der Waals surface area contributed by atoms with Gasteiger partial charge in [0, 0.05) is 15.6 Å². The van der Waals surface area contributed by atoms with Crippen LogP contribution in [0.25, 0.3) is 22.3 Å². The maximum Gasteiger partial charge on any atom is 0.346 e. The van der Waals surface area contributed by atoms with Gasteiger partial charge in [-0.1, -0.05) is 26.0 Å². The van der Waals surface area contributed by atoms with Crippen LogP contribution in [0.5, 0.6) is 17.2 Å². The fourth-order valence-electron chi connectivity index (χ4n) is 4.55. The zero-order chi connectivity index (χ0) is 31.4. The van der Waals surface area contributed by atoms with Crippen LogP contribution in [-0.4, -0.2) is 48.8 Å². The fraction of sp³-hybridized carbons (Fsp3) is 0.312. The van der Waals surface area contributed by atoms with Crippen molar-refractivity contribution in [3.05, 3.63) is 78.5 Å². The number of carbonyl (C=O) groups excluding carboxylic acids is 1. The van der Waals surface area contributed by atoms with Crippen molar-refractivity contribution in [1.29, 1.82) is 0 Å². The highest BCUT2D eigenvalue weighted by molar-refractivity contribution is 9.13. The molecule has 43 heavy (non-hydrogen) atoms. The van der Waals surface area contributed by atoms with Crippen LogP contribution in [0.15, 0.2) is 61.3 Å². The predicted octanol–water partition coefficient (Wildman–Crippen LogP) is 7.25. The van der Waals surface area contributed by atoms with E-state index in [0.29, 0.717) is 49.3 Å². The molecule has 0 amide bonds. The van der Waals surface area contributed by atoms with Gasteiger partial charge in [-0.3, -0.25) is 4.79 Å². The first-order chi connectivity index (χ1) is 20.5. The summed E-state index contributed by atoms with van der Waals surface area (Å²) in [6.07, 6.45) is 0.666. The van der Waals surface area contributed by atoms with Gasteiger partial charge in [-0.2, -0.15) is 9.78 Å². The molecule has 1 aromatic heterocycles.